The number of carbonyl (C=O) groups excluding carboxylic acids is 3. The molecule has 0 saturated carbocycles. The molecule has 0 radical (unpaired) electrons. The van der Waals surface area contributed by atoms with Gasteiger partial charge >= 0.3 is 12.0 Å². The standard InChI is InChI=1S/C32H37N5O5/c1-4-6-15-24(5-2)26(25-16-11-8-12-17-25)20-35-21-28-36(27(31(35)41)18-30(39)40)29(38)22-34(3)37(28)32(42)33-19-23-13-9-7-10-14-23/h4-17,26-28H,1,18-22H2,2-3H3,(H,33,42)(H,39,40)/b15-6-,24-5+/t26?,27-,28-/m0/s1. The number of nitrogens with zero attached hydrogens (tertiary/aromatic N) is 4. The molecule has 0 bridgehead atoms. The number of hydrogen-bond donors (Lipinski definition) is 2. The van der Waals surface area contributed by atoms with E-state index >= 15 is 0 Å². The summed E-state index contributed by atoms with van der Waals surface area (Å²) in [6, 6.07) is 17.4. The Hall–Kier alpha value is -4.70. The van der Waals surface area contributed by atoms with Crippen molar-refractivity contribution in [3.8, 4) is 0 Å². The first-order valence-corrected chi connectivity index (χ1v) is 13.9. The second-order valence-electron chi connectivity index (χ2n) is 10.3. The van der Waals surface area contributed by atoms with E-state index in [-0.39, 0.29) is 32.1 Å². The van der Waals surface area contributed by atoms with E-state index in [4.69, 9.17) is 0 Å². The summed E-state index contributed by atoms with van der Waals surface area (Å²) in [6.45, 7) is 6.03. The highest BCUT2D eigenvalue weighted by molar-refractivity contribution is 5.93. The van der Waals surface area contributed by atoms with Crippen LogP contribution in [0.4, 0.5) is 4.79 Å². The lowest BCUT2D eigenvalue weighted by Gasteiger charge is -2.54. The minimum atomic E-state index is -1.25. The number of rotatable bonds is 10. The number of carboxylic acids is 1. The van der Waals surface area contributed by atoms with Crippen molar-refractivity contribution < 1.29 is 24.3 Å². The summed E-state index contributed by atoms with van der Waals surface area (Å²) in [5.41, 5.74) is 2.82. The lowest BCUT2D eigenvalue weighted by Crippen LogP contribution is -2.76. The van der Waals surface area contributed by atoms with Crippen LogP contribution in [-0.2, 0) is 20.9 Å². The van der Waals surface area contributed by atoms with Gasteiger partial charge < -0.3 is 20.2 Å². The molecule has 3 atom stereocenters. The monoisotopic (exact) mass is 571 g/mol. The van der Waals surface area contributed by atoms with Crippen LogP contribution in [0.5, 0.6) is 0 Å². The van der Waals surface area contributed by atoms with Crippen molar-refractivity contribution in [3.63, 3.8) is 0 Å². The normalized spacial score (nSPS) is 20.4. The van der Waals surface area contributed by atoms with E-state index in [2.05, 4.69) is 11.9 Å². The van der Waals surface area contributed by atoms with Crippen molar-refractivity contribution in [2.45, 2.75) is 38.0 Å². The van der Waals surface area contributed by atoms with Crippen LogP contribution in [0, 0.1) is 0 Å². The van der Waals surface area contributed by atoms with E-state index in [0.717, 1.165) is 16.7 Å². The SMILES string of the molecule is C=C/C=C\C(=C/C)C(CN1C[C@H]2N(C(=O)CN(C)N2C(=O)NCc2ccccc2)[C@@H](CC(=O)O)C1=O)c1ccccc1. The fourth-order valence-electron chi connectivity index (χ4n) is 5.59. The number of carbonyl (C=O) groups is 4. The van der Waals surface area contributed by atoms with Gasteiger partial charge in [-0.2, -0.15) is 0 Å². The summed E-state index contributed by atoms with van der Waals surface area (Å²) < 4.78 is 0. The van der Waals surface area contributed by atoms with E-state index in [0.29, 0.717) is 0 Å². The number of nitrogens with one attached hydrogen (secondary N) is 1. The van der Waals surface area contributed by atoms with E-state index in [1.54, 1.807) is 18.0 Å². The number of carboxylic acid groups (broad SMARTS) is 1. The molecule has 2 saturated heterocycles. The van der Waals surface area contributed by atoms with Crippen molar-refractivity contribution >= 4 is 23.8 Å². The minimum Gasteiger partial charge on any atom is -0.481 e. The molecule has 10 nitrogen and oxygen atoms in total. The molecule has 2 aliphatic heterocycles. The molecular formula is C32H37N5O5. The molecule has 2 N–H and O–H groups in total. The van der Waals surface area contributed by atoms with Crippen molar-refractivity contribution in [2.24, 2.45) is 0 Å². The number of urea groups is 1. The topological polar surface area (TPSA) is 114 Å². The number of hydrazine groups is 1. The number of allylic oxidation sites excluding steroid dienone is 4. The molecule has 2 aromatic carbocycles. The molecule has 4 rings (SSSR count). The van der Waals surface area contributed by atoms with Crippen LogP contribution in [0.1, 0.15) is 30.4 Å². The predicted octanol–water partition coefficient (Wildman–Crippen LogP) is 3.37. The number of aliphatic carboxylic acids is 1. The highest BCUT2D eigenvalue weighted by atomic mass is 16.4. The molecule has 42 heavy (non-hydrogen) atoms. The van der Waals surface area contributed by atoms with Crippen LogP contribution in [-0.4, -0.2) is 87.6 Å². The second kappa shape index (κ2) is 13.8. The molecule has 2 fully saturated rings. The first-order chi connectivity index (χ1) is 20.2. The van der Waals surface area contributed by atoms with Crippen molar-refractivity contribution in [3.05, 3.63) is 108 Å². The Balaban J connectivity index is 1.69. The molecule has 2 aromatic rings. The quantitative estimate of drug-likeness (QED) is 0.423. The number of likely N-dealkylation sites (N-methyl/N-ethyl adjacent to an activating group) is 1. The molecule has 10 heteroatoms. The molecule has 220 valence electrons. The number of hydrogen-bond acceptors (Lipinski definition) is 5. The summed E-state index contributed by atoms with van der Waals surface area (Å²) in [4.78, 5) is 55.5. The van der Waals surface area contributed by atoms with Crippen LogP contribution in [0.2, 0.25) is 0 Å². The fraction of sp³-hybridized carbons (Fsp3) is 0.312. The molecule has 2 aliphatic rings. The van der Waals surface area contributed by atoms with E-state index in [1.165, 1.54) is 14.9 Å². The highest BCUT2D eigenvalue weighted by Crippen LogP contribution is 2.32. The van der Waals surface area contributed by atoms with Crippen molar-refractivity contribution in [1.82, 2.24) is 25.1 Å². The summed E-state index contributed by atoms with van der Waals surface area (Å²) in [5, 5.41) is 15.6. The van der Waals surface area contributed by atoms with Crippen molar-refractivity contribution in [2.75, 3.05) is 26.7 Å². The van der Waals surface area contributed by atoms with E-state index in [1.807, 2.05) is 85.8 Å². The number of benzene rings is 2. The van der Waals surface area contributed by atoms with Crippen LogP contribution in [0.15, 0.2) is 97.1 Å². The van der Waals surface area contributed by atoms with Crippen molar-refractivity contribution in [1.29, 1.82) is 0 Å². The van der Waals surface area contributed by atoms with Crippen LogP contribution in [0.3, 0.4) is 0 Å². The summed E-state index contributed by atoms with van der Waals surface area (Å²) in [7, 11) is 1.63. The molecular weight excluding hydrogens is 534 g/mol. The third-order valence-corrected chi connectivity index (χ3v) is 7.57. The lowest BCUT2D eigenvalue weighted by atomic mass is 9.89. The average molecular weight is 572 g/mol. The molecule has 0 spiro atoms. The van der Waals surface area contributed by atoms with Gasteiger partial charge in [0.15, 0.2) is 0 Å². The second-order valence-corrected chi connectivity index (χ2v) is 10.3. The Bertz CT molecular complexity index is 1360. The Labute approximate surface area is 246 Å². The van der Waals surface area contributed by atoms with E-state index in [9.17, 15) is 24.3 Å². The van der Waals surface area contributed by atoms with Gasteiger partial charge in [0.2, 0.25) is 11.8 Å². The number of fused-ring (bicyclic) bond motifs is 1. The summed E-state index contributed by atoms with van der Waals surface area (Å²) >= 11 is 0. The van der Waals surface area contributed by atoms with Gasteiger partial charge in [-0.05, 0) is 23.6 Å². The maximum atomic E-state index is 13.9. The Morgan fingerprint density at radius 1 is 1.10 bits per heavy atom. The Kier molecular flexibility index (Phi) is 9.93. The van der Waals surface area contributed by atoms with Gasteiger partial charge in [-0.1, -0.05) is 91.5 Å². The average Bonchev–Trinajstić information content (AvgIpc) is 2.98. The minimum absolute atomic E-state index is 0.0231. The zero-order valence-corrected chi connectivity index (χ0v) is 23.9. The third kappa shape index (κ3) is 6.77. The van der Waals surface area contributed by atoms with Gasteiger partial charge in [-0.15, -0.1) is 0 Å². The van der Waals surface area contributed by atoms with Gasteiger partial charge in [0, 0.05) is 26.1 Å². The van der Waals surface area contributed by atoms with E-state index < -0.39 is 42.4 Å². The zero-order valence-electron chi connectivity index (χ0n) is 23.9. The molecule has 4 amide bonds. The van der Waals surface area contributed by atoms with Gasteiger partial charge in [0.05, 0.1) is 19.5 Å². The highest BCUT2D eigenvalue weighted by Gasteiger charge is 2.51. The third-order valence-electron chi connectivity index (χ3n) is 7.57. The largest absolute Gasteiger partial charge is 0.481 e. The van der Waals surface area contributed by atoms with Gasteiger partial charge in [0.1, 0.15) is 12.2 Å². The summed E-state index contributed by atoms with van der Waals surface area (Å²) in [5.74, 6) is -2.31. The lowest BCUT2D eigenvalue weighted by molar-refractivity contribution is -0.188. The number of piperazine rings is 1. The van der Waals surface area contributed by atoms with Gasteiger partial charge in [-0.25, -0.2) is 14.8 Å². The maximum Gasteiger partial charge on any atom is 0.334 e. The van der Waals surface area contributed by atoms with Crippen LogP contribution >= 0.6 is 0 Å². The summed E-state index contributed by atoms with van der Waals surface area (Å²) in [6.07, 6.45) is 5.95. The fourth-order valence-corrected chi connectivity index (χ4v) is 5.59. The zero-order chi connectivity index (χ0) is 30.2. The predicted molar refractivity (Wildman–Crippen MR) is 159 cm³/mol. The molecule has 0 aliphatic carbocycles. The van der Waals surface area contributed by atoms with Crippen LogP contribution in [0.25, 0.3) is 0 Å². The Morgan fingerprint density at radius 3 is 2.38 bits per heavy atom. The smallest absolute Gasteiger partial charge is 0.334 e. The number of amides is 4. The van der Waals surface area contributed by atoms with Crippen LogP contribution < -0.4 is 5.32 Å². The Morgan fingerprint density at radius 2 is 1.76 bits per heavy atom. The van der Waals surface area contributed by atoms with Gasteiger partial charge in [0.25, 0.3) is 0 Å². The molecule has 0 aromatic heterocycles. The maximum absolute atomic E-state index is 13.9. The first-order valence-electron chi connectivity index (χ1n) is 13.9. The molecule has 1 unspecified atom stereocenters. The van der Waals surface area contributed by atoms with Gasteiger partial charge in [-0.3, -0.25) is 14.4 Å². The molecule has 2 heterocycles. The first kappa shape index (κ1) is 30.3.